The lowest BCUT2D eigenvalue weighted by Gasteiger charge is -2.24. The Bertz CT molecular complexity index is 1230. The summed E-state index contributed by atoms with van der Waals surface area (Å²) in [5, 5.41) is 15.8. The molecule has 9 nitrogen and oxygen atoms in total. The van der Waals surface area contributed by atoms with Crippen molar-refractivity contribution in [3.63, 3.8) is 0 Å². The van der Waals surface area contributed by atoms with Crippen molar-refractivity contribution >= 4 is 51.9 Å². The molecule has 2 aromatic carbocycles. The van der Waals surface area contributed by atoms with Crippen LogP contribution in [0.1, 0.15) is 27.7 Å². The molecule has 0 aliphatic carbocycles. The Labute approximate surface area is 197 Å². The predicted octanol–water partition coefficient (Wildman–Crippen LogP) is 3.34. The second-order valence-electron chi connectivity index (χ2n) is 7.15. The van der Waals surface area contributed by atoms with E-state index in [1.807, 2.05) is 6.07 Å². The van der Waals surface area contributed by atoms with Gasteiger partial charge in [-0.05, 0) is 11.6 Å². The van der Waals surface area contributed by atoms with Crippen LogP contribution in [-0.2, 0) is 16.0 Å². The van der Waals surface area contributed by atoms with Crippen molar-refractivity contribution in [2.45, 2.75) is 18.5 Å². The van der Waals surface area contributed by atoms with Gasteiger partial charge in [0.2, 0.25) is 5.91 Å². The maximum atomic E-state index is 13.3. The number of aromatic nitrogens is 1. The van der Waals surface area contributed by atoms with Crippen LogP contribution in [0.5, 0.6) is 0 Å². The van der Waals surface area contributed by atoms with Crippen LogP contribution in [0.4, 0.5) is 9.93 Å². The van der Waals surface area contributed by atoms with E-state index in [4.69, 9.17) is 16.7 Å². The fourth-order valence-electron chi connectivity index (χ4n) is 3.47. The van der Waals surface area contributed by atoms with Gasteiger partial charge >= 0.3 is 12.0 Å². The molecule has 11 heteroatoms. The molecule has 2 atom stereocenters. The number of imide groups is 1. The highest BCUT2D eigenvalue weighted by Crippen LogP contribution is 2.30. The first kappa shape index (κ1) is 22.4. The average Bonchev–Trinajstić information content (AvgIpc) is 3.37. The van der Waals surface area contributed by atoms with E-state index in [2.05, 4.69) is 15.6 Å². The van der Waals surface area contributed by atoms with Gasteiger partial charge in [0, 0.05) is 22.4 Å². The number of rotatable bonds is 7. The molecule has 1 unspecified atom stereocenters. The minimum Gasteiger partial charge on any atom is -0.476 e. The van der Waals surface area contributed by atoms with E-state index in [1.165, 1.54) is 5.38 Å². The van der Waals surface area contributed by atoms with Gasteiger partial charge in [0.1, 0.15) is 12.1 Å². The summed E-state index contributed by atoms with van der Waals surface area (Å²) in [6.45, 7) is 0. The topological polar surface area (TPSA) is 129 Å². The third-order valence-corrected chi connectivity index (χ3v) is 6.13. The lowest BCUT2D eigenvalue weighted by Crippen LogP contribution is -2.49. The van der Waals surface area contributed by atoms with Gasteiger partial charge in [0.15, 0.2) is 10.8 Å². The van der Waals surface area contributed by atoms with Crippen LogP contribution >= 0.6 is 22.9 Å². The maximum absolute atomic E-state index is 13.3. The number of benzene rings is 2. The van der Waals surface area contributed by atoms with Gasteiger partial charge in [0.25, 0.3) is 5.91 Å². The molecule has 1 aliphatic heterocycles. The molecule has 1 fully saturated rings. The number of carbonyl (C=O) groups excluding carboxylic acids is 3. The van der Waals surface area contributed by atoms with Crippen LogP contribution < -0.4 is 10.6 Å². The molecule has 3 aromatic rings. The molecule has 1 aromatic heterocycles. The van der Waals surface area contributed by atoms with E-state index in [0.29, 0.717) is 10.6 Å². The third-order valence-electron chi connectivity index (χ3n) is 5.03. The number of carboxylic acid groups (broad SMARTS) is 1. The Morgan fingerprint density at radius 3 is 2.52 bits per heavy atom. The van der Waals surface area contributed by atoms with Crippen molar-refractivity contribution in [2.24, 2.45) is 0 Å². The number of thiazole rings is 1. The number of halogens is 1. The summed E-state index contributed by atoms with van der Waals surface area (Å²) in [5.74, 6) is -2.52. The van der Waals surface area contributed by atoms with Crippen molar-refractivity contribution in [3.8, 4) is 0 Å². The third kappa shape index (κ3) is 4.71. The second-order valence-corrected chi connectivity index (χ2v) is 8.42. The van der Waals surface area contributed by atoms with Gasteiger partial charge in [0.05, 0.1) is 0 Å². The van der Waals surface area contributed by atoms with Crippen LogP contribution in [-0.4, -0.2) is 44.8 Å². The molecule has 3 N–H and O–H groups in total. The van der Waals surface area contributed by atoms with Gasteiger partial charge in [-0.15, -0.1) is 11.3 Å². The Hall–Kier alpha value is -3.76. The highest BCUT2D eigenvalue weighted by molar-refractivity contribution is 7.14. The SMILES string of the molecule is O=C(O)c1csc(NC(=O)[C@H](Cc2ccccc2)N2C(=O)NC(c3ccccc3Cl)C2=O)n1. The number of hydrogen-bond acceptors (Lipinski definition) is 6. The summed E-state index contributed by atoms with van der Waals surface area (Å²) in [4.78, 5) is 55.1. The van der Waals surface area contributed by atoms with Crippen LogP contribution in [0.2, 0.25) is 5.02 Å². The van der Waals surface area contributed by atoms with Crippen LogP contribution in [0.3, 0.4) is 0 Å². The number of carbonyl (C=O) groups is 4. The fraction of sp³-hybridized carbons (Fsp3) is 0.136. The largest absolute Gasteiger partial charge is 0.476 e. The van der Waals surface area contributed by atoms with Crippen LogP contribution in [0, 0.1) is 0 Å². The molecule has 0 saturated carbocycles. The molecule has 0 spiro atoms. The minimum atomic E-state index is -1.23. The summed E-state index contributed by atoms with van der Waals surface area (Å²) < 4.78 is 0. The molecule has 0 radical (unpaired) electrons. The number of carboxylic acids is 1. The smallest absolute Gasteiger partial charge is 0.355 e. The lowest BCUT2D eigenvalue weighted by atomic mass is 10.0. The number of amides is 4. The molecular weight excluding hydrogens is 468 g/mol. The summed E-state index contributed by atoms with van der Waals surface area (Å²) in [5.41, 5.74) is 0.929. The summed E-state index contributed by atoms with van der Waals surface area (Å²) >= 11 is 7.14. The molecule has 168 valence electrons. The maximum Gasteiger partial charge on any atom is 0.355 e. The van der Waals surface area contributed by atoms with Crippen molar-refractivity contribution in [2.75, 3.05) is 5.32 Å². The minimum absolute atomic E-state index is 0.0465. The summed E-state index contributed by atoms with van der Waals surface area (Å²) in [6, 6.07) is 12.6. The first-order valence-electron chi connectivity index (χ1n) is 9.76. The zero-order valence-electron chi connectivity index (χ0n) is 16.9. The number of anilines is 1. The number of hydrogen-bond donors (Lipinski definition) is 3. The van der Waals surface area contributed by atoms with E-state index in [9.17, 15) is 19.2 Å². The number of urea groups is 1. The van der Waals surface area contributed by atoms with Crippen LogP contribution in [0.25, 0.3) is 0 Å². The van der Waals surface area contributed by atoms with Gasteiger partial charge in [-0.25, -0.2) is 19.5 Å². The number of nitrogens with zero attached hydrogens (tertiary/aromatic N) is 2. The molecule has 4 rings (SSSR count). The van der Waals surface area contributed by atoms with E-state index >= 15 is 0 Å². The number of nitrogens with one attached hydrogen (secondary N) is 2. The first-order valence-corrected chi connectivity index (χ1v) is 11.0. The fourth-order valence-corrected chi connectivity index (χ4v) is 4.40. The molecule has 1 aliphatic rings. The Morgan fingerprint density at radius 2 is 1.85 bits per heavy atom. The molecule has 0 bridgehead atoms. The second kappa shape index (κ2) is 9.39. The highest BCUT2D eigenvalue weighted by atomic mass is 35.5. The average molecular weight is 485 g/mol. The molecule has 33 heavy (non-hydrogen) atoms. The first-order chi connectivity index (χ1) is 15.8. The van der Waals surface area contributed by atoms with E-state index < -0.39 is 35.9 Å². The van der Waals surface area contributed by atoms with Crippen molar-refractivity contribution in [1.82, 2.24) is 15.2 Å². The normalized spacial score (nSPS) is 16.4. The summed E-state index contributed by atoms with van der Waals surface area (Å²) in [6.07, 6.45) is 0.0538. The van der Waals surface area contributed by atoms with Crippen LogP contribution in [0.15, 0.2) is 60.0 Å². The van der Waals surface area contributed by atoms with E-state index in [1.54, 1.807) is 48.5 Å². The van der Waals surface area contributed by atoms with Gasteiger partial charge in [-0.3, -0.25) is 9.59 Å². The molecular formula is C22H17ClN4O5S. The zero-order chi connectivity index (χ0) is 23.5. The Balaban J connectivity index is 1.64. The highest BCUT2D eigenvalue weighted by Gasteiger charge is 2.46. The lowest BCUT2D eigenvalue weighted by molar-refractivity contribution is -0.134. The van der Waals surface area contributed by atoms with Crippen molar-refractivity contribution in [1.29, 1.82) is 0 Å². The molecule has 2 heterocycles. The monoisotopic (exact) mass is 484 g/mol. The Morgan fingerprint density at radius 1 is 1.15 bits per heavy atom. The number of aromatic carboxylic acids is 1. The van der Waals surface area contributed by atoms with Gasteiger partial charge in [-0.2, -0.15) is 0 Å². The molecule has 1 saturated heterocycles. The van der Waals surface area contributed by atoms with E-state index in [0.717, 1.165) is 21.8 Å². The summed E-state index contributed by atoms with van der Waals surface area (Å²) in [7, 11) is 0. The zero-order valence-corrected chi connectivity index (χ0v) is 18.5. The quantitative estimate of drug-likeness (QED) is 0.441. The Kier molecular flexibility index (Phi) is 6.38. The predicted molar refractivity (Wildman–Crippen MR) is 121 cm³/mol. The van der Waals surface area contributed by atoms with Gasteiger partial charge < -0.3 is 15.7 Å². The standard InChI is InChI=1S/C22H17ClN4O5S/c23-14-9-5-4-8-13(14)17-19(29)27(22(32)25-17)16(10-12-6-2-1-3-7-12)18(28)26-21-24-15(11-33-21)20(30)31/h1-9,11,16-17H,10H2,(H,25,32)(H,30,31)(H,24,26,28)/t16-,17?/m0/s1. The van der Waals surface area contributed by atoms with Crippen molar-refractivity contribution in [3.05, 3.63) is 81.8 Å². The van der Waals surface area contributed by atoms with Gasteiger partial charge in [-0.1, -0.05) is 60.1 Å². The molecule has 4 amide bonds. The van der Waals surface area contributed by atoms with Crippen molar-refractivity contribution < 1.29 is 24.3 Å². The van der Waals surface area contributed by atoms with E-state index in [-0.39, 0.29) is 17.2 Å².